The Kier molecular flexibility index (Phi) is 5.00. The van der Waals surface area contributed by atoms with Crippen LogP contribution >= 0.6 is 11.6 Å². The van der Waals surface area contributed by atoms with Gasteiger partial charge < -0.3 is 10.2 Å². The Morgan fingerprint density at radius 3 is 2.56 bits per heavy atom. The van der Waals surface area contributed by atoms with Crippen molar-refractivity contribution < 1.29 is 24.6 Å². The molecule has 0 aliphatic heterocycles. The summed E-state index contributed by atoms with van der Waals surface area (Å²) in [4.78, 5) is 32.6. The summed E-state index contributed by atoms with van der Waals surface area (Å²) in [5.41, 5.74) is 0.681. The lowest BCUT2D eigenvalue weighted by molar-refractivity contribution is -0.147. The summed E-state index contributed by atoms with van der Waals surface area (Å²) in [6.07, 6.45) is -1.28. The third kappa shape index (κ3) is 3.38. The first-order chi connectivity index (χ1) is 8.49. The van der Waals surface area contributed by atoms with Crippen LogP contribution in [0, 0.1) is 0 Å². The lowest BCUT2D eigenvalue weighted by Crippen LogP contribution is -2.15. The number of alkyl halides is 1. The molecular weight excluding hydrogens is 260 g/mol. The zero-order chi connectivity index (χ0) is 13.7. The Hall–Kier alpha value is -1.72. The van der Waals surface area contributed by atoms with Gasteiger partial charge in [0.2, 0.25) is 0 Å². The van der Waals surface area contributed by atoms with Crippen LogP contribution in [0.1, 0.15) is 27.6 Å². The number of carbonyl (C=O) groups is 3. The molecule has 2 N–H and O–H groups in total. The molecule has 1 aromatic rings. The minimum Gasteiger partial charge on any atom is -0.479 e. The Bertz CT molecular complexity index is 483. The van der Waals surface area contributed by atoms with Gasteiger partial charge in [-0.1, -0.05) is 12.1 Å². The largest absolute Gasteiger partial charge is 0.479 e. The summed E-state index contributed by atoms with van der Waals surface area (Å²) < 4.78 is 0. The molecule has 0 aliphatic carbocycles. The molecule has 0 radical (unpaired) electrons. The number of hydrogen-bond donors (Lipinski definition) is 2. The van der Waals surface area contributed by atoms with Crippen molar-refractivity contribution >= 4 is 29.6 Å². The van der Waals surface area contributed by atoms with E-state index in [0.29, 0.717) is 17.4 Å². The van der Waals surface area contributed by atoms with Gasteiger partial charge in [0, 0.05) is 12.0 Å². The maximum Gasteiger partial charge on any atom is 0.337 e. The normalized spacial score (nSPS) is 11.9. The van der Waals surface area contributed by atoms with Gasteiger partial charge in [-0.2, -0.15) is 0 Å². The van der Waals surface area contributed by atoms with E-state index in [-0.39, 0.29) is 23.6 Å². The van der Waals surface area contributed by atoms with E-state index in [9.17, 15) is 19.5 Å². The van der Waals surface area contributed by atoms with Crippen LogP contribution in [0.25, 0.3) is 0 Å². The van der Waals surface area contributed by atoms with E-state index in [4.69, 9.17) is 16.7 Å². The molecule has 1 unspecified atom stereocenters. The van der Waals surface area contributed by atoms with Crippen molar-refractivity contribution in [3.8, 4) is 0 Å². The number of benzene rings is 1. The van der Waals surface area contributed by atoms with Crippen LogP contribution in [0.3, 0.4) is 0 Å². The number of carboxylic acids is 1. The molecule has 0 bridgehead atoms. The monoisotopic (exact) mass is 270 g/mol. The SMILES string of the molecule is O=Cc1ccc(C(O)C(=O)O)c(CC(=O)CCl)c1. The minimum atomic E-state index is -1.73. The molecule has 0 heterocycles. The van der Waals surface area contributed by atoms with E-state index < -0.39 is 12.1 Å². The Morgan fingerprint density at radius 1 is 1.39 bits per heavy atom. The number of aliphatic carboxylic acids is 1. The molecule has 5 nitrogen and oxygen atoms in total. The highest BCUT2D eigenvalue weighted by molar-refractivity contribution is 6.27. The first-order valence-electron chi connectivity index (χ1n) is 5.06. The van der Waals surface area contributed by atoms with Gasteiger partial charge in [-0.3, -0.25) is 9.59 Å². The average molecular weight is 271 g/mol. The number of aldehydes is 1. The first kappa shape index (κ1) is 14.3. The fraction of sp³-hybridized carbons (Fsp3) is 0.250. The standard InChI is InChI=1S/C12H11ClO5/c13-5-9(15)4-8-3-7(6-14)1-2-10(8)11(16)12(17)18/h1-3,6,11,16H,4-5H2,(H,17,18). The van der Waals surface area contributed by atoms with Crippen LogP contribution in [0.2, 0.25) is 0 Å². The van der Waals surface area contributed by atoms with Crippen molar-refractivity contribution in [3.63, 3.8) is 0 Å². The summed E-state index contributed by atoms with van der Waals surface area (Å²) >= 11 is 5.37. The van der Waals surface area contributed by atoms with Crippen molar-refractivity contribution in [1.82, 2.24) is 0 Å². The second-order valence-electron chi connectivity index (χ2n) is 3.67. The van der Waals surface area contributed by atoms with Crippen molar-refractivity contribution in [2.75, 3.05) is 5.88 Å². The Labute approximate surface area is 108 Å². The average Bonchev–Trinajstić information content (AvgIpc) is 2.37. The van der Waals surface area contributed by atoms with Crippen LogP contribution in [0.15, 0.2) is 18.2 Å². The van der Waals surface area contributed by atoms with Crippen molar-refractivity contribution in [2.45, 2.75) is 12.5 Å². The number of Topliss-reactive ketones (excluding diaryl/α,β-unsaturated/α-hetero) is 1. The van der Waals surface area contributed by atoms with Gasteiger partial charge in [0.15, 0.2) is 11.9 Å². The molecule has 0 fully saturated rings. The van der Waals surface area contributed by atoms with Crippen molar-refractivity contribution in [3.05, 3.63) is 34.9 Å². The number of ketones is 1. The van der Waals surface area contributed by atoms with E-state index in [1.54, 1.807) is 0 Å². The second-order valence-corrected chi connectivity index (χ2v) is 3.93. The number of halogens is 1. The smallest absolute Gasteiger partial charge is 0.337 e. The zero-order valence-electron chi connectivity index (χ0n) is 9.30. The summed E-state index contributed by atoms with van der Waals surface area (Å²) in [6, 6.07) is 4.07. The molecule has 0 saturated carbocycles. The molecule has 0 aromatic heterocycles. The molecule has 96 valence electrons. The third-order valence-corrected chi connectivity index (χ3v) is 2.67. The van der Waals surface area contributed by atoms with Gasteiger partial charge in [0.1, 0.15) is 6.29 Å². The summed E-state index contributed by atoms with van der Waals surface area (Å²) in [6.45, 7) is 0. The Morgan fingerprint density at radius 2 is 2.06 bits per heavy atom. The molecule has 1 rings (SSSR count). The molecule has 0 spiro atoms. The predicted molar refractivity (Wildman–Crippen MR) is 63.9 cm³/mol. The zero-order valence-corrected chi connectivity index (χ0v) is 10.1. The molecule has 18 heavy (non-hydrogen) atoms. The van der Waals surface area contributed by atoms with E-state index in [2.05, 4.69) is 0 Å². The molecule has 6 heteroatoms. The molecular formula is C12H11ClO5. The van der Waals surface area contributed by atoms with Crippen LogP contribution < -0.4 is 0 Å². The summed E-state index contributed by atoms with van der Waals surface area (Å²) in [5, 5.41) is 18.2. The summed E-state index contributed by atoms with van der Waals surface area (Å²) in [5.74, 6) is -1.96. The molecule has 0 amide bonds. The van der Waals surface area contributed by atoms with Gasteiger partial charge in [0.05, 0.1) is 5.88 Å². The molecule has 0 saturated heterocycles. The predicted octanol–water partition coefficient (Wildman–Crippen LogP) is 0.967. The molecule has 1 aromatic carbocycles. The van der Waals surface area contributed by atoms with Crippen molar-refractivity contribution in [2.24, 2.45) is 0 Å². The highest BCUT2D eigenvalue weighted by atomic mass is 35.5. The summed E-state index contributed by atoms with van der Waals surface area (Å²) in [7, 11) is 0. The highest BCUT2D eigenvalue weighted by Gasteiger charge is 2.20. The Balaban J connectivity index is 3.19. The van der Waals surface area contributed by atoms with E-state index in [1.165, 1.54) is 18.2 Å². The first-order valence-corrected chi connectivity index (χ1v) is 5.59. The van der Waals surface area contributed by atoms with Crippen LogP contribution in [-0.2, 0) is 16.0 Å². The van der Waals surface area contributed by atoms with E-state index in [0.717, 1.165) is 0 Å². The minimum absolute atomic E-state index is 0.0894. The number of rotatable bonds is 6. The van der Waals surface area contributed by atoms with Gasteiger partial charge in [0.25, 0.3) is 0 Å². The van der Waals surface area contributed by atoms with Gasteiger partial charge in [-0.15, -0.1) is 11.6 Å². The maximum absolute atomic E-state index is 11.3. The quantitative estimate of drug-likeness (QED) is 0.593. The number of aliphatic hydroxyl groups excluding tert-OH is 1. The van der Waals surface area contributed by atoms with Gasteiger partial charge >= 0.3 is 5.97 Å². The van der Waals surface area contributed by atoms with Gasteiger partial charge in [-0.05, 0) is 17.2 Å². The van der Waals surface area contributed by atoms with Crippen molar-refractivity contribution in [1.29, 1.82) is 0 Å². The maximum atomic E-state index is 11.3. The molecule has 0 aliphatic rings. The lowest BCUT2D eigenvalue weighted by Gasteiger charge is -2.12. The van der Waals surface area contributed by atoms with E-state index >= 15 is 0 Å². The number of hydrogen-bond acceptors (Lipinski definition) is 4. The van der Waals surface area contributed by atoms with Gasteiger partial charge in [-0.25, -0.2) is 4.79 Å². The van der Waals surface area contributed by atoms with Crippen LogP contribution in [0.5, 0.6) is 0 Å². The number of carbonyl (C=O) groups excluding carboxylic acids is 2. The van der Waals surface area contributed by atoms with Crippen LogP contribution in [0.4, 0.5) is 0 Å². The number of carboxylic acid groups (broad SMARTS) is 1. The topological polar surface area (TPSA) is 91.7 Å². The fourth-order valence-corrected chi connectivity index (χ4v) is 1.61. The lowest BCUT2D eigenvalue weighted by atomic mass is 9.96. The third-order valence-electron chi connectivity index (χ3n) is 2.37. The highest BCUT2D eigenvalue weighted by Crippen LogP contribution is 2.20. The van der Waals surface area contributed by atoms with Crippen LogP contribution in [-0.4, -0.2) is 34.1 Å². The second kappa shape index (κ2) is 6.28. The fourth-order valence-electron chi connectivity index (χ4n) is 1.51. The van der Waals surface area contributed by atoms with E-state index in [1.807, 2.05) is 0 Å². The molecule has 1 atom stereocenters. The number of aliphatic hydroxyl groups is 1.